The van der Waals surface area contributed by atoms with Crippen LogP contribution in [0.2, 0.25) is 0 Å². The predicted octanol–water partition coefficient (Wildman–Crippen LogP) is 3.77. The average molecular weight is 336 g/mol. The summed E-state index contributed by atoms with van der Waals surface area (Å²) in [5.74, 6) is 0.721. The Morgan fingerprint density at radius 3 is 2.75 bits per heavy atom. The first-order chi connectivity index (χ1) is 9.63. The second-order valence-corrected chi connectivity index (χ2v) is 5.93. The van der Waals surface area contributed by atoms with Crippen LogP contribution >= 0.6 is 15.9 Å². The molecule has 104 valence electrons. The Morgan fingerprint density at radius 1 is 1.25 bits per heavy atom. The van der Waals surface area contributed by atoms with Crippen LogP contribution in [0.5, 0.6) is 5.75 Å². The molecule has 0 saturated carbocycles. The Balaban J connectivity index is 1.86. The van der Waals surface area contributed by atoms with Gasteiger partial charge in [-0.25, -0.2) is 4.39 Å². The summed E-state index contributed by atoms with van der Waals surface area (Å²) in [5, 5.41) is 0. The van der Waals surface area contributed by atoms with Crippen LogP contribution < -0.4 is 10.5 Å². The summed E-state index contributed by atoms with van der Waals surface area (Å²) >= 11 is 3.53. The maximum absolute atomic E-state index is 12.9. The van der Waals surface area contributed by atoms with Crippen molar-refractivity contribution in [3.05, 3.63) is 63.4 Å². The smallest absolute Gasteiger partial charge is 0.125 e. The molecule has 2 aromatic carbocycles. The SMILES string of the molecule is NC(Cc1cc(Br)cc2c1OCC2)c1ccc(F)cc1. The van der Waals surface area contributed by atoms with Gasteiger partial charge in [0.05, 0.1) is 6.61 Å². The summed E-state index contributed by atoms with van der Waals surface area (Å²) in [6, 6.07) is 10.3. The molecule has 20 heavy (non-hydrogen) atoms. The van der Waals surface area contributed by atoms with Crippen molar-refractivity contribution >= 4 is 15.9 Å². The van der Waals surface area contributed by atoms with Gasteiger partial charge in [-0.3, -0.25) is 0 Å². The fourth-order valence-corrected chi connectivity index (χ4v) is 3.12. The molecule has 0 radical (unpaired) electrons. The standard InChI is InChI=1S/C16H15BrFNO/c17-13-7-11-5-6-20-16(11)12(8-13)9-15(19)10-1-3-14(18)4-2-10/h1-4,7-8,15H,5-6,9,19H2. The Kier molecular flexibility index (Phi) is 3.76. The third kappa shape index (κ3) is 2.72. The van der Waals surface area contributed by atoms with Crippen molar-refractivity contribution in [2.24, 2.45) is 5.73 Å². The minimum Gasteiger partial charge on any atom is -0.493 e. The Labute approximate surface area is 125 Å². The lowest BCUT2D eigenvalue weighted by molar-refractivity contribution is 0.352. The quantitative estimate of drug-likeness (QED) is 0.926. The monoisotopic (exact) mass is 335 g/mol. The fraction of sp³-hybridized carbons (Fsp3) is 0.250. The first kappa shape index (κ1) is 13.6. The molecular weight excluding hydrogens is 321 g/mol. The maximum Gasteiger partial charge on any atom is 0.125 e. The van der Waals surface area contributed by atoms with Crippen LogP contribution in [0.1, 0.15) is 22.7 Å². The van der Waals surface area contributed by atoms with E-state index < -0.39 is 0 Å². The topological polar surface area (TPSA) is 35.2 Å². The molecule has 1 atom stereocenters. The van der Waals surface area contributed by atoms with E-state index >= 15 is 0 Å². The highest BCUT2D eigenvalue weighted by atomic mass is 79.9. The highest BCUT2D eigenvalue weighted by molar-refractivity contribution is 9.10. The summed E-state index contributed by atoms with van der Waals surface area (Å²) in [5.41, 5.74) is 9.48. The van der Waals surface area contributed by atoms with Gasteiger partial charge in [0.2, 0.25) is 0 Å². The highest BCUT2D eigenvalue weighted by Crippen LogP contribution is 2.35. The number of hydrogen-bond donors (Lipinski definition) is 1. The molecule has 4 heteroatoms. The van der Waals surface area contributed by atoms with Crippen molar-refractivity contribution < 1.29 is 9.13 Å². The first-order valence-corrected chi connectivity index (χ1v) is 7.38. The van der Waals surface area contributed by atoms with Gasteiger partial charge in [0.25, 0.3) is 0 Å². The van der Waals surface area contributed by atoms with Crippen molar-refractivity contribution in [2.75, 3.05) is 6.61 Å². The van der Waals surface area contributed by atoms with Gasteiger partial charge in [-0.05, 0) is 47.4 Å². The molecule has 1 aliphatic heterocycles. The maximum atomic E-state index is 12.9. The van der Waals surface area contributed by atoms with Crippen LogP contribution in [-0.2, 0) is 12.8 Å². The number of hydrogen-bond acceptors (Lipinski definition) is 2. The van der Waals surface area contributed by atoms with E-state index in [9.17, 15) is 4.39 Å². The number of benzene rings is 2. The molecule has 1 heterocycles. The minimum atomic E-state index is -0.243. The van der Waals surface area contributed by atoms with Crippen molar-refractivity contribution in [3.8, 4) is 5.75 Å². The van der Waals surface area contributed by atoms with Gasteiger partial charge in [-0.2, -0.15) is 0 Å². The molecule has 1 unspecified atom stereocenters. The number of nitrogens with two attached hydrogens (primary N) is 1. The number of fused-ring (bicyclic) bond motifs is 1. The molecular formula is C16H15BrFNO. The number of rotatable bonds is 3. The molecule has 0 aromatic heterocycles. The van der Waals surface area contributed by atoms with E-state index in [1.54, 1.807) is 12.1 Å². The van der Waals surface area contributed by atoms with E-state index in [2.05, 4.69) is 22.0 Å². The van der Waals surface area contributed by atoms with E-state index in [0.29, 0.717) is 6.42 Å². The van der Waals surface area contributed by atoms with Crippen LogP contribution in [0.25, 0.3) is 0 Å². The zero-order valence-corrected chi connectivity index (χ0v) is 12.5. The van der Waals surface area contributed by atoms with E-state index in [0.717, 1.165) is 34.4 Å². The normalized spacial score (nSPS) is 14.8. The van der Waals surface area contributed by atoms with E-state index in [-0.39, 0.29) is 11.9 Å². The lowest BCUT2D eigenvalue weighted by atomic mass is 9.97. The summed E-state index contributed by atoms with van der Waals surface area (Å²) in [7, 11) is 0. The first-order valence-electron chi connectivity index (χ1n) is 6.58. The molecule has 2 nitrogen and oxygen atoms in total. The molecule has 3 rings (SSSR count). The molecule has 0 spiro atoms. The van der Waals surface area contributed by atoms with Crippen molar-refractivity contribution in [1.29, 1.82) is 0 Å². The molecule has 0 amide bonds. The molecule has 2 aromatic rings. The second kappa shape index (κ2) is 5.54. The van der Waals surface area contributed by atoms with Gasteiger partial charge in [-0.1, -0.05) is 28.1 Å². The second-order valence-electron chi connectivity index (χ2n) is 5.01. The van der Waals surface area contributed by atoms with Gasteiger partial charge in [0.15, 0.2) is 0 Å². The number of halogens is 2. The largest absolute Gasteiger partial charge is 0.493 e. The molecule has 0 aliphatic carbocycles. The molecule has 0 fully saturated rings. The highest BCUT2D eigenvalue weighted by Gasteiger charge is 2.19. The fourth-order valence-electron chi connectivity index (χ4n) is 2.56. The molecule has 1 aliphatic rings. The van der Waals surface area contributed by atoms with E-state index in [4.69, 9.17) is 10.5 Å². The third-order valence-electron chi connectivity index (χ3n) is 3.56. The van der Waals surface area contributed by atoms with Crippen LogP contribution in [-0.4, -0.2) is 6.61 Å². The van der Waals surface area contributed by atoms with Crippen molar-refractivity contribution in [2.45, 2.75) is 18.9 Å². The van der Waals surface area contributed by atoms with Gasteiger partial charge in [0, 0.05) is 16.9 Å². The summed E-state index contributed by atoms with van der Waals surface area (Å²) in [6.07, 6.45) is 1.61. The lowest BCUT2D eigenvalue weighted by Gasteiger charge is -2.15. The summed E-state index contributed by atoms with van der Waals surface area (Å²) < 4.78 is 19.7. The average Bonchev–Trinajstić information content (AvgIpc) is 2.87. The van der Waals surface area contributed by atoms with Crippen LogP contribution in [0, 0.1) is 5.82 Å². The van der Waals surface area contributed by atoms with Gasteiger partial charge >= 0.3 is 0 Å². The Bertz CT molecular complexity index is 627. The van der Waals surface area contributed by atoms with E-state index in [1.807, 2.05) is 6.07 Å². The van der Waals surface area contributed by atoms with Gasteiger partial charge < -0.3 is 10.5 Å². The minimum absolute atomic E-state index is 0.168. The van der Waals surface area contributed by atoms with Crippen molar-refractivity contribution in [3.63, 3.8) is 0 Å². The summed E-state index contributed by atoms with van der Waals surface area (Å²) in [4.78, 5) is 0. The molecule has 0 saturated heterocycles. The van der Waals surface area contributed by atoms with Crippen LogP contribution in [0.15, 0.2) is 40.9 Å². The van der Waals surface area contributed by atoms with Crippen molar-refractivity contribution in [1.82, 2.24) is 0 Å². The third-order valence-corrected chi connectivity index (χ3v) is 4.02. The molecule has 2 N–H and O–H groups in total. The number of ether oxygens (including phenoxy) is 1. The predicted molar refractivity (Wildman–Crippen MR) is 80.4 cm³/mol. The lowest BCUT2D eigenvalue weighted by Crippen LogP contribution is -2.14. The van der Waals surface area contributed by atoms with Crippen LogP contribution in [0.3, 0.4) is 0 Å². The van der Waals surface area contributed by atoms with E-state index in [1.165, 1.54) is 17.7 Å². The van der Waals surface area contributed by atoms with Crippen LogP contribution in [0.4, 0.5) is 4.39 Å². The molecule has 0 bridgehead atoms. The Morgan fingerprint density at radius 2 is 2.00 bits per heavy atom. The van der Waals surface area contributed by atoms with Gasteiger partial charge in [0.1, 0.15) is 11.6 Å². The van der Waals surface area contributed by atoms with Gasteiger partial charge in [-0.15, -0.1) is 0 Å². The summed E-state index contributed by atoms with van der Waals surface area (Å²) in [6.45, 7) is 0.727. The Hall–Kier alpha value is -1.39. The zero-order valence-electron chi connectivity index (χ0n) is 10.9. The zero-order chi connectivity index (χ0) is 14.1.